The van der Waals surface area contributed by atoms with Crippen LogP contribution in [0.4, 0.5) is 0 Å². The van der Waals surface area contributed by atoms with Gasteiger partial charge in [0.2, 0.25) is 5.91 Å². The predicted molar refractivity (Wildman–Crippen MR) is 55.2 cm³/mol. The van der Waals surface area contributed by atoms with E-state index >= 15 is 0 Å². The fourth-order valence-corrected chi connectivity index (χ4v) is 1.56. The van der Waals surface area contributed by atoms with E-state index < -0.39 is 0 Å². The molecule has 0 radical (unpaired) electrons. The average molecular weight is 200 g/mol. The summed E-state index contributed by atoms with van der Waals surface area (Å²) in [6, 6.07) is 0.453. The van der Waals surface area contributed by atoms with Crippen LogP contribution in [0.15, 0.2) is 0 Å². The van der Waals surface area contributed by atoms with E-state index in [1.165, 1.54) is 0 Å². The molecule has 1 heterocycles. The molecule has 0 aromatic carbocycles. The first kappa shape index (κ1) is 11.5. The van der Waals surface area contributed by atoms with E-state index in [1.54, 1.807) is 0 Å². The van der Waals surface area contributed by atoms with Gasteiger partial charge in [-0.1, -0.05) is 0 Å². The molecule has 1 saturated heterocycles. The molecule has 0 N–H and O–H groups in total. The Labute approximate surface area is 85.8 Å². The fraction of sp³-hybridized carbons (Fsp3) is 0.900. The minimum absolute atomic E-state index is 0.117. The number of hydrogen-bond donors (Lipinski definition) is 0. The Morgan fingerprint density at radius 1 is 1.50 bits per heavy atom. The molecule has 1 aliphatic rings. The number of likely N-dealkylation sites (N-methyl/N-ethyl adjacent to an activating group) is 1. The summed E-state index contributed by atoms with van der Waals surface area (Å²) in [6.07, 6.45) is 0. The van der Waals surface area contributed by atoms with Crippen molar-refractivity contribution in [3.8, 4) is 0 Å². The Hall–Kier alpha value is -0.610. The van der Waals surface area contributed by atoms with Crippen molar-refractivity contribution in [3.63, 3.8) is 0 Å². The summed E-state index contributed by atoms with van der Waals surface area (Å²) in [7, 11) is 2.09. The lowest BCUT2D eigenvalue weighted by Gasteiger charge is -2.37. The van der Waals surface area contributed by atoms with Crippen molar-refractivity contribution in [3.05, 3.63) is 0 Å². The van der Waals surface area contributed by atoms with Gasteiger partial charge < -0.3 is 14.5 Å². The molecule has 1 amide bonds. The number of rotatable bonds is 3. The standard InChI is InChI=1S/C10H20N2O2/c1-4-14-8-10(13)12-6-5-11(3)9(2)7-12/h9H,4-8H2,1-3H3. The first-order valence-electron chi connectivity index (χ1n) is 5.21. The second-order valence-corrected chi connectivity index (χ2v) is 3.81. The quantitative estimate of drug-likeness (QED) is 0.652. The molecule has 0 aromatic heterocycles. The van der Waals surface area contributed by atoms with Crippen molar-refractivity contribution in [2.45, 2.75) is 19.9 Å². The molecule has 14 heavy (non-hydrogen) atoms. The van der Waals surface area contributed by atoms with E-state index in [9.17, 15) is 4.79 Å². The van der Waals surface area contributed by atoms with Crippen LogP contribution in [0.25, 0.3) is 0 Å². The van der Waals surface area contributed by atoms with Gasteiger partial charge in [0.15, 0.2) is 0 Å². The lowest BCUT2D eigenvalue weighted by atomic mass is 10.2. The molecule has 0 saturated carbocycles. The molecular weight excluding hydrogens is 180 g/mol. The first-order valence-corrected chi connectivity index (χ1v) is 5.21. The molecule has 1 atom stereocenters. The zero-order valence-corrected chi connectivity index (χ0v) is 9.32. The van der Waals surface area contributed by atoms with E-state index in [2.05, 4.69) is 18.9 Å². The Balaban J connectivity index is 2.34. The molecule has 1 aliphatic heterocycles. The van der Waals surface area contributed by atoms with Crippen molar-refractivity contribution in [2.75, 3.05) is 39.9 Å². The predicted octanol–water partition coefficient (Wildman–Crippen LogP) is 0.185. The van der Waals surface area contributed by atoms with Crippen LogP contribution in [-0.4, -0.2) is 61.6 Å². The SMILES string of the molecule is CCOCC(=O)N1CCN(C)C(C)C1. The van der Waals surface area contributed by atoms with Gasteiger partial charge in [-0.15, -0.1) is 0 Å². The number of carbonyl (C=O) groups excluding carboxylic acids is 1. The highest BCUT2D eigenvalue weighted by atomic mass is 16.5. The third-order valence-corrected chi connectivity index (χ3v) is 2.74. The van der Waals surface area contributed by atoms with Crippen LogP contribution in [0.5, 0.6) is 0 Å². The third-order valence-electron chi connectivity index (χ3n) is 2.74. The average Bonchev–Trinajstić information content (AvgIpc) is 2.18. The second kappa shape index (κ2) is 5.32. The number of hydrogen-bond acceptors (Lipinski definition) is 3. The Morgan fingerprint density at radius 3 is 2.79 bits per heavy atom. The van der Waals surface area contributed by atoms with Crippen molar-refractivity contribution >= 4 is 5.91 Å². The van der Waals surface area contributed by atoms with Crippen molar-refractivity contribution < 1.29 is 9.53 Å². The van der Waals surface area contributed by atoms with Crippen molar-refractivity contribution in [2.24, 2.45) is 0 Å². The summed E-state index contributed by atoms with van der Waals surface area (Å²) in [5.41, 5.74) is 0. The van der Waals surface area contributed by atoms with E-state index in [1.807, 2.05) is 11.8 Å². The highest BCUT2D eigenvalue weighted by Gasteiger charge is 2.23. The van der Waals surface area contributed by atoms with E-state index in [0.29, 0.717) is 12.6 Å². The van der Waals surface area contributed by atoms with Gasteiger partial charge >= 0.3 is 0 Å². The van der Waals surface area contributed by atoms with Crippen LogP contribution in [0.1, 0.15) is 13.8 Å². The van der Waals surface area contributed by atoms with Gasteiger partial charge in [0.25, 0.3) is 0 Å². The van der Waals surface area contributed by atoms with E-state index in [0.717, 1.165) is 19.6 Å². The molecule has 1 unspecified atom stereocenters. The summed E-state index contributed by atoms with van der Waals surface area (Å²) in [5.74, 6) is 0.117. The molecule has 82 valence electrons. The van der Waals surface area contributed by atoms with Crippen LogP contribution in [0.3, 0.4) is 0 Å². The fourth-order valence-electron chi connectivity index (χ4n) is 1.56. The van der Waals surface area contributed by atoms with Crippen molar-refractivity contribution in [1.82, 2.24) is 9.80 Å². The summed E-state index contributed by atoms with van der Waals surface area (Å²) in [4.78, 5) is 15.7. The lowest BCUT2D eigenvalue weighted by molar-refractivity contribution is -0.138. The topological polar surface area (TPSA) is 32.8 Å². The Kier molecular flexibility index (Phi) is 4.35. The summed E-state index contributed by atoms with van der Waals surface area (Å²) < 4.78 is 5.11. The maximum Gasteiger partial charge on any atom is 0.248 e. The largest absolute Gasteiger partial charge is 0.372 e. The highest BCUT2D eigenvalue weighted by molar-refractivity contribution is 5.77. The van der Waals surface area contributed by atoms with Gasteiger partial charge in [-0.2, -0.15) is 0 Å². The molecule has 4 heteroatoms. The van der Waals surface area contributed by atoms with Gasteiger partial charge in [0.05, 0.1) is 0 Å². The molecule has 0 bridgehead atoms. The second-order valence-electron chi connectivity index (χ2n) is 3.81. The Morgan fingerprint density at radius 2 is 2.21 bits per heavy atom. The molecule has 0 aromatic rings. The molecule has 1 fully saturated rings. The first-order chi connectivity index (χ1) is 6.65. The molecule has 0 aliphatic carbocycles. The van der Waals surface area contributed by atoms with Crippen LogP contribution >= 0.6 is 0 Å². The molecular formula is C10H20N2O2. The zero-order valence-electron chi connectivity index (χ0n) is 9.32. The smallest absolute Gasteiger partial charge is 0.248 e. The summed E-state index contributed by atoms with van der Waals surface area (Å²) in [6.45, 7) is 7.48. The van der Waals surface area contributed by atoms with Gasteiger partial charge in [0, 0.05) is 32.3 Å². The number of ether oxygens (including phenoxy) is 1. The number of carbonyl (C=O) groups is 1. The highest BCUT2D eigenvalue weighted by Crippen LogP contribution is 2.06. The van der Waals surface area contributed by atoms with Crippen molar-refractivity contribution in [1.29, 1.82) is 0 Å². The maximum absolute atomic E-state index is 11.6. The Bertz CT molecular complexity index is 197. The minimum Gasteiger partial charge on any atom is -0.372 e. The van der Waals surface area contributed by atoms with Crippen LogP contribution in [0.2, 0.25) is 0 Å². The van der Waals surface area contributed by atoms with Crippen LogP contribution in [0, 0.1) is 0 Å². The number of nitrogens with zero attached hydrogens (tertiary/aromatic N) is 2. The maximum atomic E-state index is 11.6. The van der Waals surface area contributed by atoms with E-state index in [-0.39, 0.29) is 12.5 Å². The molecule has 1 rings (SSSR count). The molecule has 0 spiro atoms. The van der Waals surface area contributed by atoms with Crippen LogP contribution < -0.4 is 0 Å². The van der Waals surface area contributed by atoms with Crippen LogP contribution in [-0.2, 0) is 9.53 Å². The van der Waals surface area contributed by atoms with Gasteiger partial charge in [0.1, 0.15) is 6.61 Å². The lowest BCUT2D eigenvalue weighted by Crippen LogP contribution is -2.52. The molecule has 4 nitrogen and oxygen atoms in total. The minimum atomic E-state index is 0.117. The van der Waals surface area contributed by atoms with Gasteiger partial charge in [-0.25, -0.2) is 0 Å². The van der Waals surface area contributed by atoms with E-state index in [4.69, 9.17) is 4.74 Å². The summed E-state index contributed by atoms with van der Waals surface area (Å²) >= 11 is 0. The number of piperazine rings is 1. The normalized spacial score (nSPS) is 23.9. The van der Waals surface area contributed by atoms with Gasteiger partial charge in [-0.3, -0.25) is 4.79 Å². The third kappa shape index (κ3) is 2.96. The zero-order chi connectivity index (χ0) is 10.6. The monoisotopic (exact) mass is 200 g/mol. The van der Waals surface area contributed by atoms with Gasteiger partial charge in [-0.05, 0) is 20.9 Å². The number of amides is 1. The summed E-state index contributed by atoms with van der Waals surface area (Å²) in [5, 5.41) is 0.